The van der Waals surface area contributed by atoms with E-state index >= 15 is 0 Å². The number of piperidine rings is 1. The van der Waals surface area contributed by atoms with Crippen molar-refractivity contribution in [3.05, 3.63) is 0 Å². The molecular weight excluding hydrogens is 290 g/mol. The predicted octanol–water partition coefficient (Wildman–Crippen LogP) is -0.345. The highest BCUT2D eigenvalue weighted by Crippen LogP contribution is 2.25. The molecule has 0 radical (unpaired) electrons. The van der Waals surface area contributed by atoms with Crippen LogP contribution in [0.2, 0.25) is 0 Å². The zero-order valence-corrected chi connectivity index (χ0v) is 14.2. The van der Waals surface area contributed by atoms with Crippen LogP contribution in [0.4, 0.5) is 0 Å². The lowest BCUT2D eigenvalue weighted by molar-refractivity contribution is -0.000741. The Hall–Kier alpha value is -0.210. The van der Waals surface area contributed by atoms with Gasteiger partial charge in [0.25, 0.3) is 0 Å². The van der Waals surface area contributed by atoms with Crippen molar-refractivity contribution in [2.24, 2.45) is 5.92 Å². The van der Waals surface area contributed by atoms with Crippen LogP contribution in [-0.4, -0.2) is 92.9 Å². The number of hydrogen-bond acceptors (Lipinski definition) is 5. The summed E-state index contributed by atoms with van der Waals surface area (Å²) >= 11 is 0. The minimum absolute atomic E-state index is 0.150. The van der Waals surface area contributed by atoms with Crippen LogP contribution in [0.15, 0.2) is 0 Å². The lowest BCUT2D eigenvalue weighted by atomic mass is 9.90. The second kappa shape index (κ2) is 6.91. The lowest BCUT2D eigenvalue weighted by Gasteiger charge is -2.41. The Balaban J connectivity index is 1.91. The first kappa shape index (κ1) is 17.1. The van der Waals surface area contributed by atoms with Crippen molar-refractivity contribution in [1.29, 1.82) is 0 Å². The van der Waals surface area contributed by atoms with Gasteiger partial charge in [-0.25, -0.2) is 12.7 Å². The van der Waals surface area contributed by atoms with Gasteiger partial charge in [-0.3, -0.25) is 4.90 Å². The first-order valence-electron chi connectivity index (χ1n) is 7.79. The van der Waals surface area contributed by atoms with Gasteiger partial charge in [0.2, 0.25) is 10.0 Å². The fourth-order valence-electron chi connectivity index (χ4n) is 3.48. The summed E-state index contributed by atoms with van der Waals surface area (Å²) in [7, 11) is 1.04. The molecule has 2 aliphatic rings. The highest BCUT2D eigenvalue weighted by molar-refractivity contribution is 7.88. The lowest BCUT2D eigenvalue weighted by Crippen LogP contribution is -2.55. The molecule has 2 rings (SSSR count). The van der Waals surface area contributed by atoms with Crippen LogP contribution >= 0.6 is 0 Å². The van der Waals surface area contributed by atoms with Crippen LogP contribution < -0.4 is 0 Å². The van der Waals surface area contributed by atoms with E-state index < -0.39 is 10.0 Å². The maximum Gasteiger partial charge on any atom is 0.211 e. The van der Waals surface area contributed by atoms with Crippen LogP contribution in [0.5, 0.6) is 0 Å². The molecule has 0 aromatic heterocycles. The van der Waals surface area contributed by atoms with E-state index in [1.165, 1.54) is 6.26 Å². The molecule has 1 N–H and O–H groups in total. The largest absolute Gasteiger partial charge is 0.391 e. The van der Waals surface area contributed by atoms with Gasteiger partial charge in [-0.2, -0.15) is 0 Å². The summed E-state index contributed by atoms with van der Waals surface area (Å²) in [6, 6.07) is 0.150. The summed E-state index contributed by atoms with van der Waals surface area (Å²) in [5.74, 6) is 0.268. The van der Waals surface area contributed by atoms with Crippen LogP contribution in [0.25, 0.3) is 0 Å². The third kappa shape index (κ3) is 4.63. The van der Waals surface area contributed by atoms with Gasteiger partial charge in [-0.1, -0.05) is 0 Å². The Labute approximate surface area is 128 Å². The first-order chi connectivity index (χ1) is 9.77. The average Bonchev–Trinajstić information content (AvgIpc) is 2.41. The summed E-state index contributed by atoms with van der Waals surface area (Å²) in [6.07, 6.45) is 3.48. The number of rotatable bonds is 4. The van der Waals surface area contributed by atoms with E-state index in [1.807, 2.05) is 0 Å². The van der Waals surface area contributed by atoms with E-state index in [-0.39, 0.29) is 18.1 Å². The minimum Gasteiger partial charge on any atom is -0.391 e. The molecule has 0 saturated carbocycles. The van der Waals surface area contributed by atoms with Gasteiger partial charge in [0, 0.05) is 38.8 Å². The average molecular weight is 319 g/mol. The van der Waals surface area contributed by atoms with E-state index in [0.29, 0.717) is 19.5 Å². The van der Waals surface area contributed by atoms with Crippen molar-refractivity contribution >= 4 is 10.0 Å². The summed E-state index contributed by atoms with van der Waals surface area (Å²) in [5.41, 5.74) is 0. The van der Waals surface area contributed by atoms with Gasteiger partial charge in [0.1, 0.15) is 0 Å². The van der Waals surface area contributed by atoms with Crippen molar-refractivity contribution in [3.8, 4) is 0 Å². The number of likely N-dealkylation sites (N-methyl/N-ethyl adjacent to an activating group) is 2. The topological polar surface area (TPSA) is 64.1 Å². The van der Waals surface area contributed by atoms with E-state index in [9.17, 15) is 13.5 Å². The molecule has 3 unspecified atom stereocenters. The normalized spacial score (nSPS) is 32.2. The number of aliphatic hydroxyl groups excluding tert-OH is 1. The zero-order valence-electron chi connectivity index (χ0n) is 13.4. The molecule has 7 heteroatoms. The van der Waals surface area contributed by atoms with Crippen molar-refractivity contribution in [2.45, 2.75) is 31.4 Å². The molecule has 6 nitrogen and oxygen atoms in total. The second-order valence-corrected chi connectivity index (χ2v) is 8.72. The molecule has 2 aliphatic heterocycles. The van der Waals surface area contributed by atoms with Crippen molar-refractivity contribution in [3.63, 3.8) is 0 Å². The van der Waals surface area contributed by atoms with Gasteiger partial charge in [-0.05, 0) is 39.3 Å². The molecule has 21 heavy (non-hydrogen) atoms. The molecule has 2 saturated heterocycles. The Kier molecular flexibility index (Phi) is 5.65. The SMILES string of the molecule is CN1CCN(C)C(C(O)CC2CCCN(S(C)(=O)=O)C2)C1. The Bertz CT molecular complexity index is 443. The Morgan fingerprint density at radius 1 is 1.19 bits per heavy atom. The smallest absolute Gasteiger partial charge is 0.211 e. The highest BCUT2D eigenvalue weighted by Gasteiger charge is 2.33. The summed E-state index contributed by atoms with van der Waals surface area (Å²) in [4.78, 5) is 4.47. The third-order valence-corrected chi connectivity index (χ3v) is 6.14. The molecule has 0 bridgehead atoms. The fourth-order valence-corrected chi connectivity index (χ4v) is 4.42. The van der Waals surface area contributed by atoms with Gasteiger partial charge in [-0.15, -0.1) is 0 Å². The number of hydrogen-bond donors (Lipinski definition) is 1. The van der Waals surface area contributed by atoms with E-state index in [2.05, 4.69) is 23.9 Å². The van der Waals surface area contributed by atoms with Gasteiger partial charge in [0.05, 0.1) is 12.4 Å². The maximum absolute atomic E-state index is 11.7. The van der Waals surface area contributed by atoms with Crippen LogP contribution in [0, 0.1) is 5.92 Å². The molecule has 2 heterocycles. The zero-order chi connectivity index (χ0) is 15.6. The summed E-state index contributed by atoms with van der Waals surface area (Å²) in [5, 5.41) is 10.6. The number of sulfonamides is 1. The molecule has 2 fully saturated rings. The van der Waals surface area contributed by atoms with E-state index in [1.54, 1.807) is 4.31 Å². The van der Waals surface area contributed by atoms with E-state index in [4.69, 9.17) is 0 Å². The monoisotopic (exact) mass is 319 g/mol. The van der Waals surface area contributed by atoms with Gasteiger partial charge < -0.3 is 10.0 Å². The standard InChI is InChI=1S/C14H29N3O3S/c1-15-7-8-16(2)13(11-15)14(18)9-12-5-4-6-17(10-12)21(3,19)20/h12-14,18H,4-11H2,1-3H3. The van der Waals surface area contributed by atoms with Crippen LogP contribution in [0.3, 0.4) is 0 Å². The van der Waals surface area contributed by atoms with Crippen LogP contribution in [0.1, 0.15) is 19.3 Å². The third-order valence-electron chi connectivity index (χ3n) is 4.87. The second-order valence-electron chi connectivity index (χ2n) is 6.74. The predicted molar refractivity (Wildman–Crippen MR) is 83.7 cm³/mol. The summed E-state index contributed by atoms with van der Waals surface area (Å²) in [6.45, 7) is 4.06. The van der Waals surface area contributed by atoms with Gasteiger partial charge >= 0.3 is 0 Å². The molecule has 0 aliphatic carbocycles. The van der Waals surface area contributed by atoms with Gasteiger partial charge in [0.15, 0.2) is 0 Å². The van der Waals surface area contributed by atoms with Crippen molar-refractivity contribution in [2.75, 3.05) is 53.1 Å². The number of piperazine rings is 1. The molecule has 0 aromatic rings. The quantitative estimate of drug-likeness (QED) is 0.768. The first-order valence-corrected chi connectivity index (χ1v) is 9.64. The fraction of sp³-hybridized carbons (Fsp3) is 1.00. The molecule has 3 atom stereocenters. The number of aliphatic hydroxyl groups is 1. The van der Waals surface area contributed by atoms with Crippen molar-refractivity contribution in [1.82, 2.24) is 14.1 Å². The molecule has 0 spiro atoms. The van der Waals surface area contributed by atoms with Crippen molar-refractivity contribution < 1.29 is 13.5 Å². The number of nitrogens with zero attached hydrogens (tertiary/aromatic N) is 3. The molecule has 0 aromatic carbocycles. The Morgan fingerprint density at radius 3 is 2.57 bits per heavy atom. The summed E-state index contributed by atoms with van der Waals surface area (Å²) < 4.78 is 24.9. The minimum atomic E-state index is -3.11. The maximum atomic E-state index is 11.7. The Morgan fingerprint density at radius 2 is 1.90 bits per heavy atom. The van der Waals surface area contributed by atoms with E-state index in [0.717, 1.165) is 32.5 Å². The van der Waals surface area contributed by atoms with Crippen LogP contribution in [-0.2, 0) is 10.0 Å². The molecule has 0 amide bonds. The molecule has 124 valence electrons. The highest BCUT2D eigenvalue weighted by atomic mass is 32.2. The molecular formula is C14H29N3O3S.